The maximum atomic E-state index is 12.3. The highest BCUT2D eigenvalue weighted by molar-refractivity contribution is 5.79. The van der Waals surface area contributed by atoms with E-state index in [0.29, 0.717) is 13.1 Å². The third kappa shape index (κ3) is 5.27. The Hall–Kier alpha value is -2.46. The Bertz CT molecular complexity index is 679. The zero-order valence-electron chi connectivity index (χ0n) is 15.6. The monoisotopic (exact) mass is 369 g/mol. The van der Waals surface area contributed by atoms with Crippen molar-refractivity contribution in [1.29, 1.82) is 0 Å². The third-order valence-electron chi connectivity index (χ3n) is 5.50. The van der Waals surface area contributed by atoms with E-state index < -0.39 is 0 Å². The molecule has 1 aromatic rings. The van der Waals surface area contributed by atoms with Crippen LogP contribution < -0.4 is 10.6 Å². The van der Waals surface area contributed by atoms with Gasteiger partial charge in [-0.25, -0.2) is 6.57 Å². The standard InChI is InChI=1S/C20H27N5O2/c1-21-18-6-4-12-25(18)19(26)14-23-16-9-7-15(8-10-16)20(27)24-13-17-5-2-3-11-22-17/h2-3,5,11,15-16,18,23H,4,6-10,12-14H2,(H,24,27). The first-order chi connectivity index (χ1) is 13.2. The molecule has 1 saturated carbocycles. The summed E-state index contributed by atoms with van der Waals surface area (Å²) < 4.78 is 0. The van der Waals surface area contributed by atoms with E-state index in [1.807, 2.05) is 18.2 Å². The van der Waals surface area contributed by atoms with Crippen molar-refractivity contribution >= 4 is 11.8 Å². The van der Waals surface area contributed by atoms with Gasteiger partial charge in [-0.3, -0.25) is 24.3 Å². The highest BCUT2D eigenvalue weighted by Crippen LogP contribution is 2.25. The van der Waals surface area contributed by atoms with Crippen molar-refractivity contribution in [3.63, 3.8) is 0 Å². The van der Waals surface area contributed by atoms with E-state index in [4.69, 9.17) is 6.57 Å². The quantitative estimate of drug-likeness (QED) is 0.749. The largest absolute Gasteiger partial charge is 0.350 e. The van der Waals surface area contributed by atoms with Crippen molar-refractivity contribution in [2.45, 2.75) is 57.3 Å². The van der Waals surface area contributed by atoms with E-state index >= 15 is 0 Å². The molecule has 144 valence electrons. The first-order valence-corrected chi connectivity index (χ1v) is 9.74. The molecule has 0 spiro atoms. The Labute approximate surface area is 160 Å². The average molecular weight is 369 g/mol. The van der Waals surface area contributed by atoms with Gasteiger partial charge in [0.15, 0.2) is 0 Å². The van der Waals surface area contributed by atoms with Crippen LogP contribution >= 0.6 is 0 Å². The van der Waals surface area contributed by atoms with Crippen molar-refractivity contribution in [2.24, 2.45) is 5.92 Å². The Kier molecular flexibility index (Phi) is 6.77. The molecule has 1 atom stereocenters. The number of carbonyl (C=O) groups excluding carboxylic acids is 2. The fraction of sp³-hybridized carbons (Fsp3) is 0.600. The zero-order chi connectivity index (χ0) is 19.1. The predicted octanol–water partition coefficient (Wildman–Crippen LogP) is 1.71. The molecular weight excluding hydrogens is 342 g/mol. The molecule has 2 amide bonds. The Balaban J connectivity index is 1.35. The second-order valence-corrected chi connectivity index (χ2v) is 7.31. The topological polar surface area (TPSA) is 78.7 Å². The number of aromatic nitrogens is 1. The molecule has 1 unspecified atom stereocenters. The fourth-order valence-corrected chi connectivity index (χ4v) is 3.89. The van der Waals surface area contributed by atoms with E-state index in [-0.39, 0.29) is 36.5 Å². The summed E-state index contributed by atoms with van der Waals surface area (Å²) in [5, 5.41) is 6.30. The highest BCUT2D eigenvalue weighted by atomic mass is 16.2. The smallest absolute Gasteiger partial charge is 0.300 e. The lowest BCUT2D eigenvalue weighted by atomic mass is 9.85. The number of carbonyl (C=O) groups is 2. The van der Waals surface area contributed by atoms with Gasteiger partial charge < -0.3 is 10.6 Å². The summed E-state index contributed by atoms with van der Waals surface area (Å²) in [5.74, 6) is 0.142. The number of likely N-dealkylation sites (tertiary alicyclic amines) is 1. The second kappa shape index (κ2) is 9.47. The van der Waals surface area contributed by atoms with Gasteiger partial charge in [0.2, 0.25) is 11.8 Å². The molecule has 3 rings (SSSR count). The molecule has 2 fully saturated rings. The Morgan fingerprint density at radius 1 is 1.22 bits per heavy atom. The van der Waals surface area contributed by atoms with Crippen molar-refractivity contribution in [3.05, 3.63) is 41.5 Å². The average Bonchev–Trinajstić information content (AvgIpc) is 3.20. The number of hydrogen-bond acceptors (Lipinski definition) is 4. The van der Waals surface area contributed by atoms with Gasteiger partial charge in [-0.1, -0.05) is 6.07 Å². The van der Waals surface area contributed by atoms with E-state index in [1.165, 1.54) is 0 Å². The van der Waals surface area contributed by atoms with Gasteiger partial charge in [0, 0.05) is 31.1 Å². The summed E-state index contributed by atoms with van der Waals surface area (Å²) in [6.07, 6.45) is 6.58. The molecule has 1 aromatic heterocycles. The Morgan fingerprint density at radius 3 is 2.74 bits per heavy atom. The second-order valence-electron chi connectivity index (χ2n) is 7.31. The van der Waals surface area contributed by atoms with Crippen molar-refractivity contribution in [1.82, 2.24) is 20.5 Å². The Morgan fingerprint density at radius 2 is 2.04 bits per heavy atom. The first-order valence-electron chi connectivity index (χ1n) is 9.74. The van der Waals surface area contributed by atoms with Crippen LogP contribution in [0, 0.1) is 12.5 Å². The molecule has 0 radical (unpaired) electrons. The molecule has 2 heterocycles. The molecular formula is C20H27N5O2. The molecule has 0 aromatic carbocycles. The minimum Gasteiger partial charge on any atom is -0.350 e. The molecule has 1 aliphatic heterocycles. The van der Waals surface area contributed by atoms with Crippen LogP contribution in [0.5, 0.6) is 0 Å². The van der Waals surface area contributed by atoms with Crippen molar-refractivity contribution < 1.29 is 9.59 Å². The SMILES string of the molecule is [C-]#[N+]C1CCCN1C(=O)CNC1CCC(C(=O)NCc2ccccn2)CC1. The number of pyridine rings is 1. The normalized spacial score (nSPS) is 25.0. The summed E-state index contributed by atoms with van der Waals surface area (Å²) in [6.45, 7) is 8.61. The summed E-state index contributed by atoms with van der Waals surface area (Å²) in [4.78, 5) is 34.1. The summed E-state index contributed by atoms with van der Waals surface area (Å²) in [6, 6.07) is 5.94. The number of hydrogen-bond donors (Lipinski definition) is 2. The molecule has 2 N–H and O–H groups in total. The summed E-state index contributed by atoms with van der Waals surface area (Å²) in [7, 11) is 0. The van der Waals surface area contributed by atoms with Gasteiger partial charge >= 0.3 is 6.17 Å². The van der Waals surface area contributed by atoms with Crippen LogP contribution in [0.25, 0.3) is 4.85 Å². The molecule has 1 aliphatic carbocycles. The highest BCUT2D eigenvalue weighted by Gasteiger charge is 2.33. The number of nitrogens with one attached hydrogen (secondary N) is 2. The van der Waals surface area contributed by atoms with Gasteiger partial charge in [0.25, 0.3) is 0 Å². The van der Waals surface area contributed by atoms with Gasteiger partial charge in [-0.2, -0.15) is 0 Å². The molecule has 7 nitrogen and oxygen atoms in total. The van der Waals surface area contributed by atoms with Crippen molar-refractivity contribution in [2.75, 3.05) is 13.1 Å². The molecule has 7 heteroatoms. The van der Waals surface area contributed by atoms with Crippen LogP contribution in [-0.4, -0.2) is 47.0 Å². The molecule has 1 saturated heterocycles. The van der Waals surface area contributed by atoms with Gasteiger partial charge in [0.05, 0.1) is 18.8 Å². The minimum absolute atomic E-state index is 0.0173. The lowest BCUT2D eigenvalue weighted by molar-refractivity contribution is -0.131. The van der Waals surface area contributed by atoms with E-state index in [1.54, 1.807) is 11.1 Å². The van der Waals surface area contributed by atoms with Gasteiger partial charge in [-0.15, -0.1) is 0 Å². The lowest BCUT2D eigenvalue weighted by Gasteiger charge is -2.29. The molecule has 27 heavy (non-hydrogen) atoms. The number of amides is 2. The van der Waals surface area contributed by atoms with Crippen LogP contribution in [0.15, 0.2) is 24.4 Å². The van der Waals surface area contributed by atoms with Gasteiger partial charge in [-0.05, 0) is 44.2 Å². The summed E-state index contributed by atoms with van der Waals surface area (Å²) in [5.41, 5.74) is 0.861. The summed E-state index contributed by atoms with van der Waals surface area (Å²) >= 11 is 0. The van der Waals surface area contributed by atoms with Crippen LogP contribution in [0.1, 0.15) is 44.2 Å². The van der Waals surface area contributed by atoms with Crippen LogP contribution in [0.3, 0.4) is 0 Å². The number of nitrogens with zero attached hydrogens (tertiary/aromatic N) is 3. The van der Waals surface area contributed by atoms with Crippen LogP contribution in [0.4, 0.5) is 0 Å². The maximum absolute atomic E-state index is 12.3. The van der Waals surface area contributed by atoms with Crippen molar-refractivity contribution in [3.8, 4) is 0 Å². The van der Waals surface area contributed by atoms with E-state index in [9.17, 15) is 9.59 Å². The van der Waals surface area contributed by atoms with E-state index in [0.717, 1.165) is 44.2 Å². The maximum Gasteiger partial charge on any atom is 0.300 e. The minimum atomic E-state index is -0.280. The number of rotatable bonds is 6. The third-order valence-corrected chi connectivity index (χ3v) is 5.50. The van der Waals surface area contributed by atoms with Gasteiger partial charge in [0.1, 0.15) is 0 Å². The molecule has 2 aliphatic rings. The molecule has 0 bridgehead atoms. The first kappa shape index (κ1) is 19.3. The fourth-order valence-electron chi connectivity index (χ4n) is 3.89. The zero-order valence-corrected chi connectivity index (χ0v) is 15.6. The predicted molar refractivity (Wildman–Crippen MR) is 101 cm³/mol. The van der Waals surface area contributed by atoms with Crippen LogP contribution in [-0.2, 0) is 16.1 Å². The van der Waals surface area contributed by atoms with Crippen LogP contribution in [0.2, 0.25) is 0 Å². The van der Waals surface area contributed by atoms with E-state index in [2.05, 4.69) is 20.5 Å². The lowest BCUT2D eigenvalue weighted by Crippen LogP contribution is -2.44.